The molecule has 0 aliphatic carbocycles. The van der Waals surface area contributed by atoms with Crippen molar-refractivity contribution < 1.29 is 0 Å². The van der Waals surface area contributed by atoms with E-state index >= 15 is 0 Å². The third-order valence-electron chi connectivity index (χ3n) is 2.94. The lowest BCUT2D eigenvalue weighted by Gasteiger charge is -2.35. The van der Waals surface area contributed by atoms with E-state index in [9.17, 15) is 0 Å². The molecule has 1 aromatic rings. The molecule has 16 heavy (non-hydrogen) atoms. The van der Waals surface area contributed by atoms with Crippen molar-refractivity contribution in [3.63, 3.8) is 0 Å². The molecule has 1 unspecified atom stereocenters. The van der Waals surface area contributed by atoms with Crippen LogP contribution >= 0.6 is 12.4 Å². The Kier molecular flexibility index (Phi) is 4.96. The van der Waals surface area contributed by atoms with Crippen molar-refractivity contribution in [3.8, 4) is 0 Å². The van der Waals surface area contributed by atoms with Crippen molar-refractivity contribution in [2.45, 2.75) is 32.2 Å². The lowest BCUT2D eigenvalue weighted by Crippen LogP contribution is -2.45. The Hall–Kier alpha value is -0.870. The minimum atomic E-state index is 0. The van der Waals surface area contributed by atoms with Gasteiger partial charge in [-0.2, -0.15) is 0 Å². The van der Waals surface area contributed by atoms with E-state index in [0.29, 0.717) is 12.6 Å². The van der Waals surface area contributed by atoms with Crippen LogP contribution in [-0.2, 0) is 0 Å². The van der Waals surface area contributed by atoms with E-state index in [1.807, 2.05) is 19.2 Å². The number of hydrogen-bond donors (Lipinski definition) is 1. The number of anilines is 1. The molecule has 2 N–H and O–H groups in total. The number of aryl methyl sites for hydroxylation is 1. The van der Waals surface area contributed by atoms with Crippen LogP contribution < -0.4 is 10.6 Å². The van der Waals surface area contributed by atoms with E-state index in [4.69, 9.17) is 5.73 Å². The van der Waals surface area contributed by atoms with Gasteiger partial charge >= 0.3 is 0 Å². The highest BCUT2D eigenvalue weighted by atomic mass is 35.5. The zero-order valence-corrected chi connectivity index (χ0v) is 10.4. The molecule has 2 rings (SSSR count). The third-order valence-corrected chi connectivity index (χ3v) is 2.94. The minimum absolute atomic E-state index is 0. The average molecular weight is 243 g/mol. The summed E-state index contributed by atoms with van der Waals surface area (Å²) in [6.07, 6.45) is 5.46. The van der Waals surface area contributed by atoms with Gasteiger partial charge in [-0.1, -0.05) is 0 Å². The molecule has 5 heteroatoms. The normalized spacial score (nSPS) is 20.4. The topological polar surface area (TPSA) is 55.0 Å². The molecule has 1 aliphatic rings. The molecule has 1 aliphatic heterocycles. The minimum Gasteiger partial charge on any atom is -0.337 e. The van der Waals surface area contributed by atoms with E-state index in [1.54, 1.807) is 0 Å². The third kappa shape index (κ3) is 2.83. The van der Waals surface area contributed by atoms with Gasteiger partial charge in [-0.05, 0) is 32.3 Å². The molecule has 0 saturated carbocycles. The fourth-order valence-corrected chi connectivity index (χ4v) is 2.08. The summed E-state index contributed by atoms with van der Waals surface area (Å²) >= 11 is 0. The Morgan fingerprint density at radius 3 is 3.00 bits per heavy atom. The first-order valence-corrected chi connectivity index (χ1v) is 5.57. The highest BCUT2D eigenvalue weighted by Crippen LogP contribution is 2.20. The summed E-state index contributed by atoms with van der Waals surface area (Å²) in [5.41, 5.74) is 6.79. The quantitative estimate of drug-likeness (QED) is 0.855. The van der Waals surface area contributed by atoms with Gasteiger partial charge in [-0.15, -0.1) is 12.4 Å². The van der Waals surface area contributed by atoms with Crippen molar-refractivity contribution in [1.82, 2.24) is 9.97 Å². The SMILES string of the molecule is Cc1ccnc(N2CCCCC2CN)n1.Cl. The molecular weight excluding hydrogens is 224 g/mol. The molecule has 2 heterocycles. The standard InChI is InChI=1S/C11H18N4.ClH/c1-9-5-6-13-11(14-9)15-7-3-2-4-10(15)8-12;/h5-6,10H,2-4,7-8,12H2,1H3;1H. The number of aromatic nitrogens is 2. The van der Waals surface area contributed by atoms with E-state index < -0.39 is 0 Å². The van der Waals surface area contributed by atoms with Gasteiger partial charge in [0.1, 0.15) is 0 Å². The highest BCUT2D eigenvalue weighted by molar-refractivity contribution is 5.85. The molecule has 1 saturated heterocycles. The van der Waals surface area contributed by atoms with Gasteiger partial charge in [-0.25, -0.2) is 9.97 Å². The maximum Gasteiger partial charge on any atom is 0.225 e. The first-order chi connectivity index (χ1) is 7.31. The van der Waals surface area contributed by atoms with Crippen LogP contribution in [-0.4, -0.2) is 29.1 Å². The van der Waals surface area contributed by atoms with Crippen LogP contribution in [0.1, 0.15) is 25.0 Å². The first kappa shape index (κ1) is 13.2. The number of piperidine rings is 1. The highest BCUT2D eigenvalue weighted by Gasteiger charge is 2.22. The van der Waals surface area contributed by atoms with Gasteiger partial charge in [0.05, 0.1) is 0 Å². The molecule has 0 amide bonds. The fourth-order valence-electron chi connectivity index (χ4n) is 2.08. The molecule has 0 aromatic carbocycles. The van der Waals surface area contributed by atoms with Gasteiger partial charge in [0.2, 0.25) is 5.95 Å². The zero-order valence-electron chi connectivity index (χ0n) is 9.59. The maximum absolute atomic E-state index is 5.77. The molecule has 0 radical (unpaired) electrons. The molecular formula is C11H19ClN4. The summed E-state index contributed by atoms with van der Waals surface area (Å²) in [5, 5.41) is 0. The number of rotatable bonds is 2. The second kappa shape index (κ2) is 6.01. The second-order valence-corrected chi connectivity index (χ2v) is 4.08. The smallest absolute Gasteiger partial charge is 0.225 e. The monoisotopic (exact) mass is 242 g/mol. The summed E-state index contributed by atoms with van der Waals surface area (Å²) in [6.45, 7) is 3.72. The number of nitrogens with two attached hydrogens (primary N) is 1. The Morgan fingerprint density at radius 2 is 2.31 bits per heavy atom. The predicted octanol–water partition coefficient (Wildman–Crippen LogP) is 1.52. The van der Waals surface area contributed by atoms with E-state index in [2.05, 4.69) is 14.9 Å². The summed E-state index contributed by atoms with van der Waals surface area (Å²) in [6, 6.07) is 2.34. The maximum atomic E-state index is 5.77. The first-order valence-electron chi connectivity index (χ1n) is 5.57. The van der Waals surface area contributed by atoms with E-state index in [0.717, 1.165) is 24.6 Å². The van der Waals surface area contributed by atoms with Crippen molar-refractivity contribution in [3.05, 3.63) is 18.0 Å². The van der Waals surface area contributed by atoms with Crippen LogP contribution in [0, 0.1) is 6.92 Å². The fraction of sp³-hybridized carbons (Fsp3) is 0.636. The molecule has 1 fully saturated rings. The van der Waals surface area contributed by atoms with Crippen LogP contribution in [0.25, 0.3) is 0 Å². The number of halogens is 1. The Balaban J connectivity index is 0.00000128. The van der Waals surface area contributed by atoms with Gasteiger partial charge < -0.3 is 10.6 Å². The van der Waals surface area contributed by atoms with Crippen LogP contribution in [0.3, 0.4) is 0 Å². The van der Waals surface area contributed by atoms with Gasteiger partial charge in [-0.3, -0.25) is 0 Å². The molecule has 0 spiro atoms. The van der Waals surface area contributed by atoms with Gasteiger partial charge in [0.15, 0.2) is 0 Å². The second-order valence-electron chi connectivity index (χ2n) is 4.08. The lowest BCUT2D eigenvalue weighted by molar-refractivity contribution is 0.458. The summed E-state index contributed by atoms with van der Waals surface area (Å²) in [5.74, 6) is 0.838. The average Bonchev–Trinajstić information content (AvgIpc) is 2.29. The molecule has 4 nitrogen and oxygen atoms in total. The van der Waals surface area contributed by atoms with Crippen molar-refractivity contribution in [1.29, 1.82) is 0 Å². The zero-order chi connectivity index (χ0) is 10.7. The van der Waals surface area contributed by atoms with E-state index in [-0.39, 0.29) is 12.4 Å². The van der Waals surface area contributed by atoms with E-state index in [1.165, 1.54) is 12.8 Å². The molecule has 90 valence electrons. The lowest BCUT2D eigenvalue weighted by atomic mass is 10.0. The Morgan fingerprint density at radius 1 is 1.50 bits per heavy atom. The Labute approximate surface area is 103 Å². The largest absolute Gasteiger partial charge is 0.337 e. The molecule has 0 bridgehead atoms. The van der Waals surface area contributed by atoms with Crippen molar-refractivity contribution in [2.75, 3.05) is 18.0 Å². The van der Waals surface area contributed by atoms with Gasteiger partial charge in [0, 0.05) is 31.0 Å². The predicted molar refractivity (Wildman–Crippen MR) is 68.1 cm³/mol. The molecule has 1 atom stereocenters. The van der Waals surface area contributed by atoms with Crippen LogP contribution in [0.2, 0.25) is 0 Å². The van der Waals surface area contributed by atoms with Crippen molar-refractivity contribution >= 4 is 18.4 Å². The number of nitrogens with zero attached hydrogens (tertiary/aromatic N) is 3. The van der Waals surface area contributed by atoms with Crippen LogP contribution in [0.15, 0.2) is 12.3 Å². The Bertz CT molecular complexity index is 332. The summed E-state index contributed by atoms with van der Waals surface area (Å²) in [4.78, 5) is 11.0. The summed E-state index contributed by atoms with van der Waals surface area (Å²) < 4.78 is 0. The number of hydrogen-bond acceptors (Lipinski definition) is 4. The van der Waals surface area contributed by atoms with Crippen LogP contribution in [0.4, 0.5) is 5.95 Å². The summed E-state index contributed by atoms with van der Waals surface area (Å²) in [7, 11) is 0. The molecule has 1 aromatic heterocycles. The van der Waals surface area contributed by atoms with Crippen molar-refractivity contribution in [2.24, 2.45) is 5.73 Å². The van der Waals surface area contributed by atoms with Gasteiger partial charge in [0.25, 0.3) is 0 Å². The van der Waals surface area contributed by atoms with Crippen LogP contribution in [0.5, 0.6) is 0 Å².